The monoisotopic (exact) mass is 191 g/mol. The highest BCUT2D eigenvalue weighted by atomic mass is 19.4. The third-order valence-electron chi connectivity index (χ3n) is 1.20. The summed E-state index contributed by atoms with van der Waals surface area (Å²) in [7, 11) is 0. The van der Waals surface area contributed by atoms with Crippen LogP contribution in [0.3, 0.4) is 0 Å². The first-order valence-electron chi connectivity index (χ1n) is 3.34. The highest BCUT2D eigenvalue weighted by Crippen LogP contribution is 2.13. The normalized spacial score (nSPS) is 11.0. The van der Waals surface area contributed by atoms with Crippen LogP contribution in [0, 0.1) is 0 Å². The van der Waals surface area contributed by atoms with E-state index in [1.807, 2.05) is 0 Å². The summed E-state index contributed by atoms with van der Waals surface area (Å²) in [4.78, 5) is 10.4. The maximum Gasteiger partial charge on any atom is 0.476 e. The van der Waals surface area contributed by atoms with Crippen molar-refractivity contribution in [2.24, 2.45) is 0 Å². The van der Waals surface area contributed by atoms with E-state index in [0.29, 0.717) is 0 Å². The molecule has 70 valence electrons. The van der Waals surface area contributed by atoms with Crippen LogP contribution >= 0.6 is 0 Å². The van der Waals surface area contributed by atoms with Gasteiger partial charge in [-0.3, -0.25) is 4.79 Å². The number of hydrogen-bond acceptors (Lipinski definition) is 1. The Balaban J connectivity index is 2.66. The molecule has 0 unspecified atom stereocenters. The van der Waals surface area contributed by atoms with Crippen LogP contribution in [0.2, 0.25) is 0 Å². The van der Waals surface area contributed by atoms with E-state index in [9.17, 15) is 18.0 Å². The van der Waals surface area contributed by atoms with E-state index in [0.717, 1.165) is 4.68 Å². The van der Waals surface area contributed by atoms with E-state index >= 15 is 0 Å². The van der Waals surface area contributed by atoms with Crippen molar-refractivity contribution >= 4 is 5.91 Å². The average Bonchev–Trinajstić information content (AvgIpc) is 2.04. The maximum atomic E-state index is 11.7. The zero-order chi connectivity index (χ0) is 9.90. The van der Waals surface area contributed by atoms with Gasteiger partial charge < -0.3 is 0 Å². The van der Waals surface area contributed by atoms with E-state index in [1.54, 1.807) is 11.5 Å². The number of amides is 1. The molecule has 0 aromatic carbocycles. The SMILES string of the molecule is O=C(N[n+]1ccccc1)C(F)(F)F. The lowest BCUT2D eigenvalue weighted by Crippen LogP contribution is -2.52. The lowest BCUT2D eigenvalue weighted by Gasteiger charge is -2.01. The van der Waals surface area contributed by atoms with Crippen LogP contribution in [-0.2, 0) is 4.79 Å². The summed E-state index contributed by atoms with van der Waals surface area (Å²) in [5.74, 6) is -2.00. The number of nitrogens with zero attached hydrogens (tertiary/aromatic N) is 1. The molecule has 1 aromatic heterocycles. The van der Waals surface area contributed by atoms with Crippen LogP contribution in [0.1, 0.15) is 0 Å². The minimum Gasteiger partial charge on any atom is -0.259 e. The molecule has 0 bridgehead atoms. The maximum absolute atomic E-state index is 11.7. The Morgan fingerprint density at radius 1 is 1.15 bits per heavy atom. The first-order chi connectivity index (χ1) is 6.00. The lowest BCUT2D eigenvalue weighted by atomic mass is 10.5. The van der Waals surface area contributed by atoms with Gasteiger partial charge in [-0.1, -0.05) is 10.7 Å². The average molecular weight is 191 g/mol. The van der Waals surface area contributed by atoms with Crippen molar-refractivity contribution < 1.29 is 22.6 Å². The third-order valence-corrected chi connectivity index (χ3v) is 1.20. The molecule has 1 rings (SSSR count). The number of aromatic nitrogens is 1. The van der Waals surface area contributed by atoms with Crippen molar-refractivity contribution in [1.82, 2.24) is 0 Å². The fourth-order valence-corrected chi connectivity index (χ4v) is 0.654. The van der Waals surface area contributed by atoms with E-state index < -0.39 is 12.1 Å². The summed E-state index contributed by atoms with van der Waals surface area (Å²) in [6, 6.07) is 4.61. The van der Waals surface area contributed by atoms with E-state index in [4.69, 9.17) is 0 Å². The Labute approximate surface area is 71.8 Å². The number of rotatable bonds is 1. The smallest absolute Gasteiger partial charge is 0.259 e. The van der Waals surface area contributed by atoms with E-state index in [1.165, 1.54) is 24.5 Å². The Morgan fingerprint density at radius 3 is 2.15 bits per heavy atom. The molecule has 3 nitrogen and oxygen atoms in total. The van der Waals surface area contributed by atoms with Crippen molar-refractivity contribution in [3.8, 4) is 0 Å². The Morgan fingerprint density at radius 2 is 1.69 bits per heavy atom. The molecule has 1 N–H and O–H groups in total. The summed E-state index contributed by atoms with van der Waals surface area (Å²) in [5, 5.41) is 0. The van der Waals surface area contributed by atoms with Gasteiger partial charge in [-0.15, -0.1) is 5.43 Å². The van der Waals surface area contributed by atoms with Gasteiger partial charge in [-0.25, -0.2) is 0 Å². The van der Waals surface area contributed by atoms with E-state index in [2.05, 4.69) is 0 Å². The fourth-order valence-electron chi connectivity index (χ4n) is 0.654. The van der Waals surface area contributed by atoms with Crippen molar-refractivity contribution in [2.45, 2.75) is 6.18 Å². The zero-order valence-corrected chi connectivity index (χ0v) is 6.38. The van der Waals surface area contributed by atoms with Crippen molar-refractivity contribution in [3.63, 3.8) is 0 Å². The number of carbonyl (C=O) groups excluding carboxylic acids is 1. The molecular weight excluding hydrogens is 185 g/mol. The molecule has 1 aromatic rings. The lowest BCUT2D eigenvalue weighted by molar-refractivity contribution is -0.643. The second-order valence-electron chi connectivity index (χ2n) is 2.22. The van der Waals surface area contributed by atoms with Gasteiger partial charge in [0, 0.05) is 12.1 Å². The molecule has 0 aliphatic heterocycles. The van der Waals surface area contributed by atoms with Crippen LogP contribution in [0.4, 0.5) is 13.2 Å². The largest absolute Gasteiger partial charge is 0.476 e. The Bertz CT molecular complexity index is 296. The second-order valence-corrected chi connectivity index (χ2v) is 2.22. The summed E-state index contributed by atoms with van der Waals surface area (Å²) >= 11 is 0. The summed E-state index contributed by atoms with van der Waals surface area (Å²) in [6.07, 6.45) is -2.27. The summed E-state index contributed by atoms with van der Waals surface area (Å²) < 4.78 is 36.1. The Kier molecular flexibility index (Phi) is 2.50. The standard InChI is InChI=1S/C7H5F3N2O/c8-7(9,10)6(13)11-12-4-2-1-3-5-12/h1-5H/p+1. The molecule has 0 spiro atoms. The van der Waals surface area contributed by atoms with Crippen molar-refractivity contribution in [2.75, 3.05) is 5.43 Å². The second kappa shape index (κ2) is 3.42. The molecule has 0 saturated heterocycles. The molecule has 0 aliphatic rings. The summed E-state index contributed by atoms with van der Waals surface area (Å²) in [5.41, 5.74) is 1.63. The quantitative estimate of drug-likeness (QED) is 0.648. The number of nitrogens with one attached hydrogen (secondary N) is 1. The predicted molar refractivity (Wildman–Crippen MR) is 37.1 cm³/mol. The van der Waals surface area contributed by atoms with Gasteiger partial charge in [-0.05, 0) is 0 Å². The minimum absolute atomic E-state index is 0.926. The van der Waals surface area contributed by atoms with Crippen LogP contribution < -0.4 is 10.1 Å². The van der Waals surface area contributed by atoms with Gasteiger partial charge in [0.25, 0.3) is 0 Å². The van der Waals surface area contributed by atoms with Crippen LogP contribution in [0.25, 0.3) is 0 Å². The molecule has 13 heavy (non-hydrogen) atoms. The molecule has 0 aliphatic carbocycles. The Hall–Kier alpha value is -1.59. The van der Waals surface area contributed by atoms with Gasteiger partial charge in [0.1, 0.15) is 0 Å². The van der Waals surface area contributed by atoms with Crippen molar-refractivity contribution in [3.05, 3.63) is 30.6 Å². The van der Waals surface area contributed by atoms with E-state index in [-0.39, 0.29) is 0 Å². The van der Waals surface area contributed by atoms with Gasteiger partial charge in [-0.2, -0.15) is 13.2 Å². The van der Waals surface area contributed by atoms with Crippen molar-refractivity contribution in [1.29, 1.82) is 0 Å². The molecule has 0 fully saturated rings. The number of hydrogen-bond donors (Lipinski definition) is 1. The first kappa shape index (κ1) is 9.50. The van der Waals surface area contributed by atoms with Crippen LogP contribution in [-0.4, -0.2) is 12.1 Å². The zero-order valence-electron chi connectivity index (χ0n) is 6.38. The highest BCUT2D eigenvalue weighted by Gasteiger charge is 2.41. The number of halogens is 3. The highest BCUT2D eigenvalue weighted by molar-refractivity contribution is 5.87. The number of alkyl halides is 3. The first-order valence-corrected chi connectivity index (χ1v) is 3.34. The molecule has 0 atom stereocenters. The fraction of sp³-hybridized carbons (Fsp3) is 0.143. The molecular formula is C7H6F3N2O+. The molecule has 0 saturated carbocycles. The minimum atomic E-state index is -4.86. The topological polar surface area (TPSA) is 33.0 Å². The van der Waals surface area contributed by atoms with Crippen LogP contribution in [0.5, 0.6) is 0 Å². The van der Waals surface area contributed by atoms with Gasteiger partial charge in [0.05, 0.1) is 0 Å². The van der Waals surface area contributed by atoms with Crippen LogP contribution in [0.15, 0.2) is 30.6 Å². The number of pyridine rings is 1. The molecule has 0 radical (unpaired) electrons. The molecule has 1 heterocycles. The summed E-state index contributed by atoms with van der Waals surface area (Å²) in [6.45, 7) is 0. The third kappa shape index (κ3) is 2.73. The molecule has 1 amide bonds. The molecule has 6 heteroatoms. The van der Waals surface area contributed by atoms with Gasteiger partial charge >= 0.3 is 12.1 Å². The number of carbonyl (C=O) groups is 1. The predicted octanol–water partition coefficient (Wildman–Crippen LogP) is 0.606. The van der Waals surface area contributed by atoms with Gasteiger partial charge in [0.2, 0.25) is 0 Å². The van der Waals surface area contributed by atoms with Gasteiger partial charge in [0.15, 0.2) is 12.4 Å².